The predicted molar refractivity (Wildman–Crippen MR) is 73.5 cm³/mol. The third kappa shape index (κ3) is 2.44. The van der Waals surface area contributed by atoms with Crippen LogP contribution < -0.4 is 4.74 Å². The van der Waals surface area contributed by atoms with Gasteiger partial charge >= 0.3 is 0 Å². The largest absolute Gasteiger partial charge is 0.486 e. The number of ether oxygens (including phenoxy) is 1. The maximum Gasteiger partial charge on any atom is 0.269 e. The third-order valence-corrected chi connectivity index (χ3v) is 2.86. The Morgan fingerprint density at radius 2 is 1.90 bits per heavy atom. The molecule has 0 atom stereocenters. The second kappa shape index (κ2) is 5.00. The van der Waals surface area contributed by atoms with Crippen LogP contribution in [-0.2, 0) is 6.61 Å². The Hall–Kier alpha value is -2.89. The number of nitro benzene ring substituents is 1. The molecule has 20 heavy (non-hydrogen) atoms. The number of aromatic nitrogens is 2. The molecule has 1 aromatic heterocycles. The predicted octanol–water partition coefficient (Wildman–Crippen LogP) is 3.05. The summed E-state index contributed by atoms with van der Waals surface area (Å²) in [6.07, 6.45) is 0. The highest BCUT2D eigenvalue weighted by Crippen LogP contribution is 2.18. The first-order valence-corrected chi connectivity index (χ1v) is 6.03. The number of fused-ring (bicyclic) bond motifs is 1. The summed E-state index contributed by atoms with van der Waals surface area (Å²) in [7, 11) is 0. The molecule has 6 heteroatoms. The lowest BCUT2D eigenvalue weighted by atomic mass is 10.3. The van der Waals surface area contributed by atoms with Gasteiger partial charge in [0.05, 0.1) is 16.0 Å². The molecule has 100 valence electrons. The summed E-state index contributed by atoms with van der Waals surface area (Å²) in [5, 5.41) is 10.5. The number of aromatic amines is 1. The molecule has 0 amide bonds. The quantitative estimate of drug-likeness (QED) is 0.583. The van der Waals surface area contributed by atoms with Gasteiger partial charge in [0.15, 0.2) is 0 Å². The minimum absolute atomic E-state index is 0.0427. The van der Waals surface area contributed by atoms with Crippen LogP contribution in [0.5, 0.6) is 5.75 Å². The maximum absolute atomic E-state index is 10.5. The highest BCUT2D eigenvalue weighted by atomic mass is 16.6. The molecular formula is C14H11N3O3. The van der Waals surface area contributed by atoms with Gasteiger partial charge in [-0.25, -0.2) is 4.98 Å². The molecule has 0 saturated heterocycles. The Morgan fingerprint density at radius 3 is 2.60 bits per heavy atom. The van der Waals surface area contributed by atoms with Crippen LogP contribution in [0, 0.1) is 10.1 Å². The molecule has 3 rings (SSSR count). The number of H-pyrrole nitrogens is 1. The van der Waals surface area contributed by atoms with Crippen molar-refractivity contribution in [3.63, 3.8) is 0 Å². The molecule has 0 fully saturated rings. The number of nitro groups is 1. The Balaban J connectivity index is 1.71. The standard InChI is InChI=1S/C14H11N3O3/c18-17(19)10-5-7-11(8-6-10)20-9-14-15-12-3-1-2-4-13(12)16-14/h1-8H,9H2,(H,15,16). The molecule has 0 aliphatic carbocycles. The van der Waals surface area contributed by atoms with E-state index in [2.05, 4.69) is 9.97 Å². The summed E-state index contributed by atoms with van der Waals surface area (Å²) in [5.41, 5.74) is 1.88. The van der Waals surface area contributed by atoms with Gasteiger partial charge in [-0.15, -0.1) is 0 Å². The fourth-order valence-corrected chi connectivity index (χ4v) is 1.89. The topological polar surface area (TPSA) is 81.1 Å². The normalized spacial score (nSPS) is 10.6. The second-order valence-corrected chi connectivity index (χ2v) is 4.24. The number of nitrogens with zero attached hydrogens (tertiary/aromatic N) is 2. The van der Waals surface area contributed by atoms with E-state index in [1.54, 1.807) is 12.1 Å². The minimum Gasteiger partial charge on any atom is -0.486 e. The van der Waals surface area contributed by atoms with Gasteiger partial charge in [-0.2, -0.15) is 0 Å². The molecule has 6 nitrogen and oxygen atoms in total. The number of imidazole rings is 1. The van der Waals surface area contributed by atoms with E-state index in [-0.39, 0.29) is 12.3 Å². The molecule has 0 bridgehead atoms. The number of nitrogens with one attached hydrogen (secondary N) is 1. The lowest BCUT2D eigenvalue weighted by Gasteiger charge is -2.03. The zero-order valence-electron chi connectivity index (χ0n) is 10.4. The van der Waals surface area contributed by atoms with Crippen LogP contribution in [0.3, 0.4) is 0 Å². The number of rotatable bonds is 4. The summed E-state index contributed by atoms with van der Waals surface area (Å²) in [6.45, 7) is 0.284. The van der Waals surface area contributed by atoms with Gasteiger partial charge < -0.3 is 9.72 Å². The monoisotopic (exact) mass is 269 g/mol. The maximum atomic E-state index is 10.5. The van der Waals surface area contributed by atoms with E-state index in [1.165, 1.54) is 12.1 Å². The third-order valence-electron chi connectivity index (χ3n) is 2.86. The molecule has 0 spiro atoms. The Labute approximate surface area is 114 Å². The Bertz CT molecular complexity index is 717. The lowest BCUT2D eigenvalue weighted by molar-refractivity contribution is -0.384. The minimum atomic E-state index is -0.441. The van der Waals surface area contributed by atoms with Gasteiger partial charge in [-0.1, -0.05) is 12.1 Å². The molecular weight excluding hydrogens is 258 g/mol. The van der Waals surface area contributed by atoms with Crippen molar-refractivity contribution in [2.75, 3.05) is 0 Å². The van der Waals surface area contributed by atoms with E-state index in [9.17, 15) is 10.1 Å². The SMILES string of the molecule is O=[N+]([O-])c1ccc(OCc2nc3ccccc3[nH]2)cc1. The molecule has 0 aliphatic heterocycles. The molecule has 1 heterocycles. The van der Waals surface area contributed by atoms with Gasteiger partial charge in [0.25, 0.3) is 5.69 Å². The van der Waals surface area contributed by atoms with Crippen LogP contribution in [0.15, 0.2) is 48.5 Å². The van der Waals surface area contributed by atoms with E-state index in [0.717, 1.165) is 11.0 Å². The molecule has 2 aromatic carbocycles. The van der Waals surface area contributed by atoms with Crippen molar-refractivity contribution in [3.05, 3.63) is 64.5 Å². The molecule has 0 radical (unpaired) electrons. The summed E-state index contributed by atoms with van der Waals surface area (Å²) in [6, 6.07) is 13.7. The van der Waals surface area contributed by atoms with Gasteiger partial charge in [-0.05, 0) is 24.3 Å². The van der Waals surface area contributed by atoms with Gasteiger partial charge in [-0.3, -0.25) is 10.1 Å². The zero-order valence-corrected chi connectivity index (χ0v) is 10.4. The van der Waals surface area contributed by atoms with E-state index < -0.39 is 4.92 Å². The number of benzene rings is 2. The van der Waals surface area contributed by atoms with Crippen LogP contribution in [0.2, 0.25) is 0 Å². The number of para-hydroxylation sites is 2. The number of non-ortho nitro benzene ring substituents is 1. The highest BCUT2D eigenvalue weighted by molar-refractivity contribution is 5.74. The Kier molecular flexibility index (Phi) is 3.04. The summed E-state index contributed by atoms with van der Waals surface area (Å²) < 4.78 is 5.54. The van der Waals surface area contributed by atoms with Crippen molar-refractivity contribution in [1.29, 1.82) is 0 Å². The first-order valence-electron chi connectivity index (χ1n) is 6.03. The van der Waals surface area contributed by atoms with Crippen LogP contribution >= 0.6 is 0 Å². The van der Waals surface area contributed by atoms with Gasteiger partial charge in [0, 0.05) is 12.1 Å². The molecule has 1 N–H and O–H groups in total. The van der Waals surface area contributed by atoms with Crippen molar-refractivity contribution in [2.45, 2.75) is 6.61 Å². The van der Waals surface area contributed by atoms with E-state index in [4.69, 9.17) is 4.74 Å². The highest BCUT2D eigenvalue weighted by Gasteiger charge is 2.06. The first kappa shape index (κ1) is 12.2. The summed E-state index contributed by atoms with van der Waals surface area (Å²) >= 11 is 0. The van der Waals surface area contributed by atoms with Crippen molar-refractivity contribution in [2.24, 2.45) is 0 Å². The smallest absolute Gasteiger partial charge is 0.269 e. The van der Waals surface area contributed by atoms with Crippen LogP contribution in [0.1, 0.15) is 5.82 Å². The van der Waals surface area contributed by atoms with Crippen molar-refractivity contribution in [3.8, 4) is 5.75 Å². The summed E-state index contributed by atoms with van der Waals surface area (Å²) in [5.74, 6) is 1.28. The number of hydrogen-bond donors (Lipinski definition) is 1. The van der Waals surface area contributed by atoms with Gasteiger partial charge in [0.2, 0.25) is 0 Å². The fourth-order valence-electron chi connectivity index (χ4n) is 1.89. The first-order chi connectivity index (χ1) is 9.72. The molecule has 3 aromatic rings. The molecule has 0 unspecified atom stereocenters. The average molecular weight is 269 g/mol. The van der Waals surface area contributed by atoms with E-state index in [1.807, 2.05) is 24.3 Å². The van der Waals surface area contributed by atoms with Crippen LogP contribution in [-0.4, -0.2) is 14.9 Å². The summed E-state index contributed by atoms with van der Waals surface area (Å²) in [4.78, 5) is 17.6. The van der Waals surface area contributed by atoms with Crippen LogP contribution in [0.4, 0.5) is 5.69 Å². The van der Waals surface area contributed by atoms with Crippen molar-refractivity contribution >= 4 is 16.7 Å². The van der Waals surface area contributed by atoms with Crippen molar-refractivity contribution in [1.82, 2.24) is 9.97 Å². The Morgan fingerprint density at radius 1 is 1.15 bits per heavy atom. The van der Waals surface area contributed by atoms with Crippen molar-refractivity contribution < 1.29 is 9.66 Å². The lowest BCUT2D eigenvalue weighted by Crippen LogP contribution is -1.97. The molecule has 0 aliphatic rings. The van der Waals surface area contributed by atoms with Crippen LogP contribution in [0.25, 0.3) is 11.0 Å². The van der Waals surface area contributed by atoms with E-state index in [0.29, 0.717) is 11.6 Å². The molecule has 0 saturated carbocycles. The second-order valence-electron chi connectivity index (χ2n) is 4.24. The fraction of sp³-hybridized carbons (Fsp3) is 0.0714. The van der Waals surface area contributed by atoms with Gasteiger partial charge in [0.1, 0.15) is 18.2 Å². The average Bonchev–Trinajstić information content (AvgIpc) is 2.88. The number of hydrogen-bond acceptors (Lipinski definition) is 4. The zero-order chi connectivity index (χ0) is 13.9. The van der Waals surface area contributed by atoms with E-state index >= 15 is 0 Å².